The molecule has 0 fully saturated rings. The maximum absolute atomic E-state index is 5.52. The minimum Gasteiger partial charge on any atom is -0.367 e. The molecule has 0 aliphatic carbocycles. The number of nitrogens with zero attached hydrogens (tertiary/aromatic N) is 5. The minimum atomic E-state index is 0.271. The van der Waals surface area contributed by atoms with Crippen molar-refractivity contribution in [1.82, 2.24) is 29.7 Å². The Hall–Kier alpha value is -3.22. The molecule has 3 heterocycles. The van der Waals surface area contributed by atoms with Crippen LogP contribution in [0.1, 0.15) is 5.82 Å². The number of nitrogens with one attached hydrogen (secondary N) is 1. The third kappa shape index (κ3) is 2.64. The number of pyridine rings is 1. The Morgan fingerprint density at radius 2 is 2.09 bits per heavy atom. The van der Waals surface area contributed by atoms with Crippen LogP contribution >= 0.6 is 0 Å². The topological polar surface area (TPSA) is 98.3 Å². The fourth-order valence-corrected chi connectivity index (χ4v) is 2.61. The molecule has 0 bridgehead atoms. The van der Waals surface area contributed by atoms with E-state index >= 15 is 0 Å². The van der Waals surface area contributed by atoms with Gasteiger partial charge in [-0.1, -0.05) is 6.07 Å². The van der Waals surface area contributed by atoms with Crippen LogP contribution in [-0.2, 0) is 13.0 Å². The number of aromatic amines is 1. The second-order valence-electron chi connectivity index (χ2n) is 5.25. The van der Waals surface area contributed by atoms with Crippen molar-refractivity contribution < 1.29 is 0 Å². The highest BCUT2D eigenvalue weighted by molar-refractivity contribution is 5.83. The fourth-order valence-electron chi connectivity index (χ4n) is 2.61. The van der Waals surface area contributed by atoms with Crippen molar-refractivity contribution in [2.45, 2.75) is 13.0 Å². The van der Waals surface area contributed by atoms with Crippen molar-refractivity contribution in [3.63, 3.8) is 0 Å². The number of nitrogens with two attached hydrogens (primary N) is 1. The van der Waals surface area contributed by atoms with E-state index in [4.69, 9.17) is 5.73 Å². The maximum atomic E-state index is 5.52. The molecule has 3 aromatic heterocycles. The minimum absolute atomic E-state index is 0.271. The third-order valence-electron chi connectivity index (χ3n) is 3.72. The Labute approximate surface area is 132 Å². The van der Waals surface area contributed by atoms with E-state index < -0.39 is 0 Å². The normalized spacial score (nSPS) is 11.1. The fraction of sp³-hybridized carbons (Fsp3) is 0.125. The lowest BCUT2D eigenvalue weighted by Gasteiger charge is -2.07. The molecule has 0 saturated heterocycles. The van der Waals surface area contributed by atoms with E-state index in [1.807, 2.05) is 24.4 Å². The third-order valence-corrected chi connectivity index (χ3v) is 3.72. The van der Waals surface area contributed by atoms with Crippen LogP contribution in [0.3, 0.4) is 0 Å². The van der Waals surface area contributed by atoms with Crippen molar-refractivity contribution in [3.05, 3.63) is 54.7 Å². The number of rotatable bonds is 4. The summed E-state index contributed by atoms with van der Waals surface area (Å²) in [7, 11) is 0. The molecule has 1 aromatic carbocycles. The lowest BCUT2D eigenvalue weighted by molar-refractivity contribution is 0.679. The molecule has 0 spiro atoms. The second-order valence-corrected chi connectivity index (χ2v) is 5.25. The number of hydrogen-bond acceptors (Lipinski definition) is 5. The highest BCUT2D eigenvalue weighted by Crippen LogP contribution is 2.22. The van der Waals surface area contributed by atoms with Crippen LogP contribution in [0.25, 0.3) is 22.3 Å². The van der Waals surface area contributed by atoms with Gasteiger partial charge in [-0.3, -0.25) is 10.1 Å². The van der Waals surface area contributed by atoms with Crippen LogP contribution < -0.4 is 5.73 Å². The number of benzene rings is 1. The van der Waals surface area contributed by atoms with Gasteiger partial charge in [-0.15, -0.1) is 5.10 Å². The molecule has 23 heavy (non-hydrogen) atoms. The van der Waals surface area contributed by atoms with Gasteiger partial charge in [-0.25, -0.2) is 4.98 Å². The zero-order chi connectivity index (χ0) is 15.6. The average Bonchev–Trinajstić information content (AvgIpc) is 3.21. The van der Waals surface area contributed by atoms with E-state index in [0.29, 0.717) is 6.42 Å². The molecule has 0 saturated carbocycles. The summed E-state index contributed by atoms with van der Waals surface area (Å²) in [6, 6.07) is 10.2. The van der Waals surface area contributed by atoms with Gasteiger partial charge in [0.1, 0.15) is 11.6 Å². The Morgan fingerprint density at radius 3 is 2.96 bits per heavy atom. The molecule has 7 heteroatoms. The van der Waals surface area contributed by atoms with Gasteiger partial charge in [0.05, 0.1) is 5.52 Å². The number of imidazole rings is 1. The van der Waals surface area contributed by atoms with E-state index in [1.54, 1.807) is 12.4 Å². The number of anilines is 1. The van der Waals surface area contributed by atoms with E-state index in [2.05, 4.69) is 41.8 Å². The van der Waals surface area contributed by atoms with Crippen molar-refractivity contribution in [3.8, 4) is 11.4 Å². The zero-order valence-electron chi connectivity index (χ0n) is 12.3. The molecule has 0 aliphatic rings. The molecule has 0 amide bonds. The van der Waals surface area contributed by atoms with E-state index in [0.717, 1.165) is 34.7 Å². The van der Waals surface area contributed by atoms with Crippen LogP contribution in [0.15, 0.2) is 48.9 Å². The first-order valence-corrected chi connectivity index (χ1v) is 7.33. The van der Waals surface area contributed by atoms with Crippen molar-refractivity contribution in [2.75, 3.05) is 5.73 Å². The molecular weight excluding hydrogens is 290 g/mol. The first-order valence-electron chi connectivity index (χ1n) is 7.33. The molecule has 0 unspecified atom stereocenters. The molecular formula is C16H15N7. The van der Waals surface area contributed by atoms with Crippen LogP contribution in [0.5, 0.6) is 0 Å². The van der Waals surface area contributed by atoms with Crippen molar-refractivity contribution in [1.29, 1.82) is 0 Å². The number of aromatic nitrogens is 6. The number of fused-ring (bicyclic) bond motifs is 1. The summed E-state index contributed by atoms with van der Waals surface area (Å²) < 4.78 is 2.09. The summed E-state index contributed by atoms with van der Waals surface area (Å²) in [6.07, 6.45) is 6.27. The number of aryl methyl sites for hydroxylation is 2. The van der Waals surface area contributed by atoms with E-state index in [-0.39, 0.29) is 5.95 Å². The van der Waals surface area contributed by atoms with Gasteiger partial charge in [-0.05, 0) is 24.3 Å². The average molecular weight is 305 g/mol. The van der Waals surface area contributed by atoms with Crippen LogP contribution in [0.2, 0.25) is 0 Å². The number of hydrogen-bond donors (Lipinski definition) is 2. The van der Waals surface area contributed by atoms with Gasteiger partial charge in [0.25, 0.3) is 0 Å². The van der Waals surface area contributed by atoms with Gasteiger partial charge >= 0.3 is 0 Å². The van der Waals surface area contributed by atoms with Gasteiger partial charge in [0.2, 0.25) is 5.95 Å². The quantitative estimate of drug-likeness (QED) is 0.601. The summed E-state index contributed by atoms with van der Waals surface area (Å²) in [4.78, 5) is 13.0. The van der Waals surface area contributed by atoms with Crippen molar-refractivity contribution >= 4 is 16.9 Å². The molecule has 0 radical (unpaired) electrons. The van der Waals surface area contributed by atoms with Crippen molar-refractivity contribution in [2.24, 2.45) is 0 Å². The SMILES string of the molecule is Nc1n[nH]c(CCn2ccnc2-c2ccc3ncccc3c2)n1. The highest BCUT2D eigenvalue weighted by atomic mass is 15.3. The largest absolute Gasteiger partial charge is 0.367 e. The number of nitrogen functional groups attached to an aromatic ring is 1. The maximum Gasteiger partial charge on any atom is 0.239 e. The van der Waals surface area contributed by atoms with Gasteiger partial charge in [0, 0.05) is 42.5 Å². The first-order chi connectivity index (χ1) is 11.3. The molecule has 114 valence electrons. The predicted octanol–water partition coefficient (Wildman–Crippen LogP) is 2.04. The Kier molecular flexibility index (Phi) is 3.23. The predicted molar refractivity (Wildman–Crippen MR) is 87.5 cm³/mol. The lowest BCUT2D eigenvalue weighted by atomic mass is 10.1. The summed E-state index contributed by atoms with van der Waals surface area (Å²) in [5, 5.41) is 7.76. The van der Waals surface area contributed by atoms with E-state index in [1.165, 1.54) is 0 Å². The molecule has 0 aliphatic heterocycles. The van der Waals surface area contributed by atoms with Gasteiger partial charge in [-0.2, -0.15) is 4.98 Å². The van der Waals surface area contributed by atoms with Crippen LogP contribution in [0.4, 0.5) is 5.95 Å². The molecule has 3 N–H and O–H groups in total. The smallest absolute Gasteiger partial charge is 0.239 e. The summed E-state index contributed by atoms with van der Waals surface area (Å²) in [5.74, 6) is 1.96. The second kappa shape index (κ2) is 5.53. The van der Waals surface area contributed by atoms with Crippen LogP contribution in [0, 0.1) is 0 Å². The standard InChI is InChI=1S/C16H15N7/c17-16-20-14(21-22-16)5-8-23-9-7-19-15(23)12-3-4-13-11(10-12)2-1-6-18-13/h1-4,6-7,9-10H,5,8H2,(H3,17,20,21,22). The summed E-state index contributed by atoms with van der Waals surface area (Å²) in [5.41, 5.74) is 7.56. The highest BCUT2D eigenvalue weighted by Gasteiger charge is 2.08. The number of H-pyrrole nitrogens is 1. The van der Waals surface area contributed by atoms with Gasteiger partial charge < -0.3 is 10.3 Å². The lowest BCUT2D eigenvalue weighted by Crippen LogP contribution is -2.04. The molecule has 4 rings (SSSR count). The Balaban J connectivity index is 1.62. The Morgan fingerprint density at radius 1 is 1.13 bits per heavy atom. The first kappa shape index (κ1) is 13.4. The molecule has 0 atom stereocenters. The summed E-state index contributed by atoms with van der Waals surface area (Å²) >= 11 is 0. The zero-order valence-corrected chi connectivity index (χ0v) is 12.3. The summed E-state index contributed by atoms with van der Waals surface area (Å²) in [6.45, 7) is 0.745. The monoisotopic (exact) mass is 305 g/mol. The van der Waals surface area contributed by atoms with E-state index in [9.17, 15) is 0 Å². The molecule has 4 aromatic rings. The Bertz CT molecular complexity index is 954. The molecule has 7 nitrogen and oxygen atoms in total. The van der Waals surface area contributed by atoms with Gasteiger partial charge in [0.15, 0.2) is 0 Å². The van der Waals surface area contributed by atoms with Crippen LogP contribution in [-0.4, -0.2) is 29.7 Å².